The largest absolute Gasteiger partial charge is 0.341 e. The van der Waals surface area contributed by atoms with Crippen LogP contribution in [0.5, 0.6) is 0 Å². The fourth-order valence-electron chi connectivity index (χ4n) is 2.64. The molecule has 2 aromatic rings. The van der Waals surface area contributed by atoms with Gasteiger partial charge >= 0.3 is 0 Å². The molecule has 0 saturated carbocycles. The van der Waals surface area contributed by atoms with Crippen LogP contribution in [0.2, 0.25) is 0 Å². The second-order valence-electron chi connectivity index (χ2n) is 5.71. The number of hydrogen-bond donors (Lipinski definition) is 1. The van der Waals surface area contributed by atoms with Gasteiger partial charge in [-0.3, -0.25) is 4.79 Å². The topological polar surface area (TPSA) is 58.1 Å². The Kier molecular flexibility index (Phi) is 4.91. The number of halogens is 1. The summed E-state index contributed by atoms with van der Waals surface area (Å²) in [6.45, 7) is 3.90. The van der Waals surface area contributed by atoms with E-state index in [1.54, 1.807) is 12.3 Å². The highest BCUT2D eigenvalue weighted by molar-refractivity contribution is 9.10. The van der Waals surface area contributed by atoms with Gasteiger partial charge in [-0.2, -0.15) is 0 Å². The summed E-state index contributed by atoms with van der Waals surface area (Å²) in [5.74, 6) is 0.428. The molecule has 0 radical (unpaired) electrons. The Morgan fingerprint density at radius 1 is 1.22 bits per heavy atom. The smallest absolute Gasteiger partial charge is 0.274 e. The molecule has 1 amide bonds. The van der Waals surface area contributed by atoms with Gasteiger partial charge in [0, 0.05) is 29.4 Å². The summed E-state index contributed by atoms with van der Waals surface area (Å²) in [4.78, 5) is 23.3. The molecule has 3 rings (SSSR count). The van der Waals surface area contributed by atoms with Crippen molar-refractivity contribution in [1.29, 1.82) is 0 Å². The maximum absolute atomic E-state index is 12.4. The number of rotatable bonds is 3. The number of carbonyl (C=O) groups is 1. The number of carbonyl (C=O) groups excluding carboxylic acids is 1. The van der Waals surface area contributed by atoms with E-state index < -0.39 is 0 Å². The molecule has 0 aliphatic carbocycles. The van der Waals surface area contributed by atoms with Gasteiger partial charge in [-0.1, -0.05) is 15.9 Å². The molecule has 6 heteroatoms. The summed E-state index contributed by atoms with van der Waals surface area (Å²) >= 11 is 3.46. The summed E-state index contributed by atoms with van der Waals surface area (Å²) in [6.07, 6.45) is 5.20. The molecule has 1 aromatic heterocycles. The van der Waals surface area contributed by atoms with Crippen molar-refractivity contribution in [3.8, 4) is 0 Å². The highest BCUT2D eigenvalue weighted by Gasteiger charge is 2.16. The van der Waals surface area contributed by atoms with Crippen LogP contribution in [-0.4, -0.2) is 29.0 Å². The van der Waals surface area contributed by atoms with Crippen molar-refractivity contribution in [3.05, 3.63) is 46.2 Å². The fourth-order valence-corrected chi connectivity index (χ4v) is 2.89. The lowest BCUT2D eigenvalue weighted by atomic mass is 10.1. The van der Waals surface area contributed by atoms with Crippen LogP contribution < -0.4 is 10.2 Å². The van der Waals surface area contributed by atoms with E-state index in [1.807, 2.05) is 25.1 Å². The van der Waals surface area contributed by atoms with Crippen LogP contribution >= 0.6 is 15.9 Å². The number of piperidine rings is 1. The molecule has 0 bridgehead atoms. The summed E-state index contributed by atoms with van der Waals surface area (Å²) in [6, 6.07) is 7.36. The molecule has 1 aliphatic rings. The van der Waals surface area contributed by atoms with Gasteiger partial charge in [0.05, 0.1) is 0 Å². The monoisotopic (exact) mass is 374 g/mol. The van der Waals surface area contributed by atoms with Gasteiger partial charge in [0.25, 0.3) is 5.91 Å². The average Bonchev–Trinajstić information content (AvgIpc) is 2.59. The van der Waals surface area contributed by atoms with Crippen molar-refractivity contribution < 1.29 is 4.79 Å². The molecule has 0 atom stereocenters. The zero-order chi connectivity index (χ0) is 16.2. The summed E-state index contributed by atoms with van der Waals surface area (Å²) in [7, 11) is 0. The highest BCUT2D eigenvalue weighted by Crippen LogP contribution is 2.21. The van der Waals surface area contributed by atoms with E-state index >= 15 is 0 Å². The predicted octanol–water partition coefficient (Wildman–Crippen LogP) is 3.79. The van der Waals surface area contributed by atoms with Gasteiger partial charge < -0.3 is 10.2 Å². The fraction of sp³-hybridized carbons (Fsp3) is 0.353. The van der Waals surface area contributed by atoms with Crippen LogP contribution in [0.3, 0.4) is 0 Å². The molecule has 5 nitrogen and oxygen atoms in total. The molecule has 0 unspecified atom stereocenters. The SMILES string of the molecule is Cc1cc(NC(=O)c2ccnc(N3CCCCC3)n2)ccc1Br. The van der Waals surface area contributed by atoms with Crippen LogP contribution in [0, 0.1) is 6.92 Å². The molecule has 1 N–H and O–H groups in total. The average molecular weight is 375 g/mol. The quantitative estimate of drug-likeness (QED) is 0.887. The minimum atomic E-state index is -0.215. The van der Waals surface area contributed by atoms with E-state index in [9.17, 15) is 4.79 Å². The maximum atomic E-state index is 12.4. The first-order chi connectivity index (χ1) is 11.1. The van der Waals surface area contributed by atoms with Gasteiger partial charge in [0.15, 0.2) is 0 Å². The Hall–Kier alpha value is -1.95. The van der Waals surface area contributed by atoms with Crippen molar-refractivity contribution >= 4 is 33.5 Å². The second-order valence-corrected chi connectivity index (χ2v) is 6.56. The number of anilines is 2. The van der Waals surface area contributed by atoms with Crippen molar-refractivity contribution in [3.63, 3.8) is 0 Å². The number of nitrogens with zero attached hydrogens (tertiary/aromatic N) is 3. The third-order valence-corrected chi connectivity index (χ3v) is 4.82. The van der Waals surface area contributed by atoms with Gasteiger partial charge in [0.1, 0.15) is 5.69 Å². The Morgan fingerprint density at radius 2 is 2.00 bits per heavy atom. The molecule has 2 heterocycles. The van der Waals surface area contributed by atoms with Gasteiger partial charge in [-0.05, 0) is 56.0 Å². The highest BCUT2D eigenvalue weighted by atomic mass is 79.9. The number of aromatic nitrogens is 2. The summed E-state index contributed by atoms with van der Waals surface area (Å²) in [5.41, 5.74) is 2.22. The first-order valence-electron chi connectivity index (χ1n) is 7.79. The van der Waals surface area contributed by atoms with Crippen LogP contribution in [0.1, 0.15) is 35.3 Å². The Balaban J connectivity index is 1.75. The number of amides is 1. The van der Waals surface area contributed by atoms with Crippen molar-refractivity contribution in [2.45, 2.75) is 26.2 Å². The van der Waals surface area contributed by atoms with E-state index in [2.05, 4.69) is 36.1 Å². The molecule has 23 heavy (non-hydrogen) atoms. The second kappa shape index (κ2) is 7.08. The molecular formula is C17H19BrN4O. The van der Waals surface area contributed by atoms with Crippen LogP contribution in [0.15, 0.2) is 34.9 Å². The number of aryl methyl sites for hydroxylation is 1. The normalized spacial score (nSPS) is 14.6. The third kappa shape index (κ3) is 3.88. The lowest BCUT2D eigenvalue weighted by Gasteiger charge is -2.26. The van der Waals surface area contributed by atoms with Crippen LogP contribution in [-0.2, 0) is 0 Å². The van der Waals surface area contributed by atoms with E-state index in [1.165, 1.54) is 6.42 Å². The van der Waals surface area contributed by atoms with Gasteiger partial charge in [-0.15, -0.1) is 0 Å². The van der Waals surface area contributed by atoms with E-state index in [0.717, 1.165) is 41.7 Å². The first-order valence-corrected chi connectivity index (χ1v) is 8.58. The van der Waals surface area contributed by atoms with Crippen LogP contribution in [0.25, 0.3) is 0 Å². The first kappa shape index (κ1) is 15.9. The van der Waals surface area contributed by atoms with E-state index in [-0.39, 0.29) is 5.91 Å². The Bertz CT molecular complexity index is 713. The summed E-state index contributed by atoms with van der Waals surface area (Å²) in [5, 5.41) is 2.89. The molecule has 1 fully saturated rings. The zero-order valence-corrected chi connectivity index (χ0v) is 14.6. The van der Waals surface area contributed by atoms with E-state index in [4.69, 9.17) is 0 Å². The number of nitrogens with one attached hydrogen (secondary N) is 1. The van der Waals surface area contributed by atoms with Crippen molar-refractivity contribution in [2.75, 3.05) is 23.3 Å². The third-order valence-electron chi connectivity index (χ3n) is 3.93. The number of benzene rings is 1. The van der Waals surface area contributed by atoms with Gasteiger partial charge in [0.2, 0.25) is 5.95 Å². The standard InChI is InChI=1S/C17H19BrN4O/c1-12-11-13(5-6-14(12)18)20-16(23)15-7-8-19-17(21-15)22-9-3-2-4-10-22/h5-8,11H,2-4,9-10H2,1H3,(H,20,23). The molecule has 1 aliphatic heterocycles. The van der Waals surface area contributed by atoms with Crippen molar-refractivity contribution in [1.82, 2.24) is 9.97 Å². The molecule has 1 aromatic carbocycles. The molecule has 120 valence electrons. The summed E-state index contributed by atoms with van der Waals surface area (Å²) < 4.78 is 1.02. The minimum absolute atomic E-state index is 0.215. The lowest BCUT2D eigenvalue weighted by Crippen LogP contribution is -2.31. The Labute approximate surface area is 144 Å². The zero-order valence-electron chi connectivity index (χ0n) is 13.1. The predicted molar refractivity (Wildman–Crippen MR) is 94.9 cm³/mol. The molecular weight excluding hydrogens is 356 g/mol. The maximum Gasteiger partial charge on any atom is 0.274 e. The van der Waals surface area contributed by atoms with Gasteiger partial charge in [-0.25, -0.2) is 9.97 Å². The lowest BCUT2D eigenvalue weighted by molar-refractivity contribution is 0.102. The molecule has 0 spiro atoms. The molecule has 1 saturated heterocycles. The van der Waals surface area contributed by atoms with Crippen LogP contribution in [0.4, 0.5) is 11.6 Å². The van der Waals surface area contributed by atoms with E-state index in [0.29, 0.717) is 11.6 Å². The number of hydrogen-bond acceptors (Lipinski definition) is 4. The minimum Gasteiger partial charge on any atom is -0.341 e. The van der Waals surface area contributed by atoms with Crippen molar-refractivity contribution in [2.24, 2.45) is 0 Å². The Morgan fingerprint density at radius 3 is 2.74 bits per heavy atom.